The molecule has 1 N–H and O–H groups in total. The van der Waals surface area contributed by atoms with Gasteiger partial charge >= 0.3 is 0 Å². The van der Waals surface area contributed by atoms with Gasteiger partial charge in [0.25, 0.3) is 0 Å². The zero-order chi connectivity index (χ0) is 14.3. The Morgan fingerprint density at radius 1 is 1.10 bits per heavy atom. The predicted molar refractivity (Wildman–Crippen MR) is 73.3 cm³/mol. The molecule has 0 radical (unpaired) electrons. The van der Waals surface area contributed by atoms with Crippen molar-refractivity contribution in [1.82, 2.24) is 0 Å². The van der Waals surface area contributed by atoms with E-state index in [1.807, 2.05) is 30.3 Å². The predicted octanol–water partition coefficient (Wildman–Crippen LogP) is 4.11. The Bertz CT molecular complexity index is 624. The lowest BCUT2D eigenvalue weighted by Gasteiger charge is -2.13. The van der Waals surface area contributed by atoms with Crippen LogP contribution in [0.5, 0.6) is 0 Å². The molecule has 0 spiro atoms. The van der Waals surface area contributed by atoms with E-state index in [4.69, 9.17) is 0 Å². The molecule has 3 heteroatoms. The largest absolute Gasteiger partial charge is 0.388 e. The first kappa shape index (κ1) is 13.3. The van der Waals surface area contributed by atoms with Gasteiger partial charge in [-0.25, -0.2) is 8.78 Å². The standard InChI is InChI=1S/C17H16F2O/c1-10-7-14(16(19)9-15(10)18)17(20)13-8-12(13)11-5-3-2-4-6-11/h2-7,9,12-13,17,20H,8H2,1H3. The van der Waals surface area contributed by atoms with Crippen LogP contribution in [0.25, 0.3) is 0 Å². The van der Waals surface area contributed by atoms with E-state index < -0.39 is 17.7 Å². The Hall–Kier alpha value is -1.74. The van der Waals surface area contributed by atoms with E-state index in [1.54, 1.807) is 6.92 Å². The summed E-state index contributed by atoms with van der Waals surface area (Å²) in [5, 5.41) is 10.3. The number of benzene rings is 2. The van der Waals surface area contributed by atoms with Crippen molar-refractivity contribution in [2.45, 2.75) is 25.4 Å². The molecule has 20 heavy (non-hydrogen) atoms. The molecule has 3 atom stereocenters. The zero-order valence-electron chi connectivity index (χ0n) is 11.2. The van der Waals surface area contributed by atoms with Gasteiger partial charge in [0.05, 0.1) is 6.10 Å². The van der Waals surface area contributed by atoms with Crippen LogP contribution < -0.4 is 0 Å². The highest BCUT2D eigenvalue weighted by molar-refractivity contribution is 5.32. The fourth-order valence-corrected chi connectivity index (χ4v) is 2.78. The molecule has 1 nitrogen and oxygen atoms in total. The highest BCUT2D eigenvalue weighted by Crippen LogP contribution is 2.54. The van der Waals surface area contributed by atoms with Crippen LogP contribution in [-0.4, -0.2) is 5.11 Å². The number of halogens is 2. The highest BCUT2D eigenvalue weighted by Gasteiger charge is 2.44. The van der Waals surface area contributed by atoms with Crippen LogP contribution in [0.15, 0.2) is 42.5 Å². The van der Waals surface area contributed by atoms with E-state index in [1.165, 1.54) is 6.07 Å². The number of aryl methyl sites for hydroxylation is 1. The maximum Gasteiger partial charge on any atom is 0.131 e. The molecule has 104 valence electrons. The molecule has 2 aromatic carbocycles. The van der Waals surface area contributed by atoms with Crippen molar-refractivity contribution in [3.05, 3.63) is 70.8 Å². The van der Waals surface area contributed by atoms with Crippen molar-refractivity contribution in [1.29, 1.82) is 0 Å². The van der Waals surface area contributed by atoms with E-state index in [2.05, 4.69) is 0 Å². The summed E-state index contributed by atoms with van der Waals surface area (Å²) in [7, 11) is 0. The van der Waals surface area contributed by atoms with Gasteiger partial charge < -0.3 is 5.11 Å². The van der Waals surface area contributed by atoms with E-state index in [0.717, 1.165) is 18.1 Å². The molecule has 2 aromatic rings. The fraction of sp³-hybridized carbons (Fsp3) is 0.294. The first-order chi connectivity index (χ1) is 9.58. The minimum absolute atomic E-state index is 0.0109. The summed E-state index contributed by atoms with van der Waals surface area (Å²) in [5.74, 6) is -0.971. The molecule has 1 fully saturated rings. The summed E-state index contributed by atoms with van der Waals surface area (Å²) in [6.45, 7) is 1.58. The molecule has 0 bridgehead atoms. The van der Waals surface area contributed by atoms with Crippen LogP contribution in [-0.2, 0) is 0 Å². The monoisotopic (exact) mass is 274 g/mol. The van der Waals surface area contributed by atoms with Gasteiger partial charge in [-0.05, 0) is 42.4 Å². The van der Waals surface area contributed by atoms with Crippen LogP contribution in [0.2, 0.25) is 0 Å². The van der Waals surface area contributed by atoms with Gasteiger partial charge in [0, 0.05) is 11.6 Å². The number of hydrogen-bond donors (Lipinski definition) is 1. The maximum absolute atomic E-state index is 13.8. The molecule has 3 rings (SSSR count). The van der Waals surface area contributed by atoms with Crippen LogP contribution in [0, 0.1) is 24.5 Å². The Morgan fingerprint density at radius 3 is 2.50 bits per heavy atom. The SMILES string of the molecule is Cc1cc(C(O)C2CC2c2ccccc2)c(F)cc1F. The molecule has 1 aliphatic carbocycles. The minimum Gasteiger partial charge on any atom is -0.388 e. The van der Waals surface area contributed by atoms with Crippen molar-refractivity contribution in [3.63, 3.8) is 0 Å². The van der Waals surface area contributed by atoms with E-state index in [9.17, 15) is 13.9 Å². The summed E-state index contributed by atoms with van der Waals surface area (Å²) in [6.07, 6.45) is -0.0411. The summed E-state index contributed by atoms with van der Waals surface area (Å²) >= 11 is 0. The van der Waals surface area contributed by atoms with Crippen LogP contribution in [0.1, 0.15) is 35.1 Å². The highest BCUT2D eigenvalue weighted by atomic mass is 19.1. The fourth-order valence-electron chi connectivity index (χ4n) is 2.78. The third-order valence-corrected chi connectivity index (χ3v) is 4.07. The molecule has 0 saturated heterocycles. The van der Waals surface area contributed by atoms with Crippen LogP contribution in [0.4, 0.5) is 8.78 Å². The quantitative estimate of drug-likeness (QED) is 0.893. The van der Waals surface area contributed by atoms with Gasteiger partial charge in [-0.2, -0.15) is 0 Å². The molecule has 0 amide bonds. The first-order valence-corrected chi connectivity index (χ1v) is 6.76. The molecule has 1 saturated carbocycles. The maximum atomic E-state index is 13.8. The lowest BCUT2D eigenvalue weighted by Crippen LogP contribution is -2.05. The lowest BCUT2D eigenvalue weighted by molar-refractivity contribution is 0.146. The second-order valence-electron chi connectivity index (χ2n) is 5.48. The summed E-state index contributed by atoms with van der Waals surface area (Å²) in [6, 6.07) is 12.2. The van der Waals surface area contributed by atoms with Crippen molar-refractivity contribution in [3.8, 4) is 0 Å². The number of aliphatic hydroxyl groups excluding tert-OH is 1. The zero-order valence-corrected chi connectivity index (χ0v) is 11.2. The first-order valence-electron chi connectivity index (χ1n) is 6.76. The normalized spacial score (nSPS) is 22.6. The van der Waals surface area contributed by atoms with Crippen molar-refractivity contribution >= 4 is 0 Å². The summed E-state index contributed by atoms with van der Waals surface area (Å²) in [4.78, 5) is 0. The Labute approximate surface area is 116 Å². The summed E-state index contributed by atoms with van der Waals surface area (Å²) in [5.41, 5.74) is 1.72. The number of aliphatic hydroxyl groups is 1. The molecule has 0 aliphatic heterocycles. The lowest BCUT2D eigenvalue weighted by atomic mass is 9.99. The third-order valence-electron chi connectivity index (χ3n) is 4.07. The molecule has 3 unspecified atom stereocenters. The van der Waals surface area contributed by atoms with Gasteiger partial charge in [-0.1, -0.05) is 30.3 Å². The Balaban J connectivity index is 1.82. The van der Waals surface area contributed by atoms with Crippen molar-refractivity contribution in [2.75, 3.05) is 0 Å². The van der Waals surface area contributed by atoms with Crippen molar-refractivity contribution < 1.29 is 13.9 Å². The smallest absolute Gasteiger partial charge is 0.131 e. The van der Waals surface area contributed by atoms with Gasteiger partial charge in [0.2, 0.25) is 0 Å². The van der Waals surface area contributed by atoms with Gasteiger partial charge in [0.15, 0.2) is 0 Å². The second kappa shape index (κ2) is 4.98. The van der Waals surface area contributed by atoms with Crippen LogP contribution >= 0.6 is 0 Å². The van der Waals surface area contributed by atoms with Gasteiger partial charge in [-0.15, -0.1) is 0 Å². The molecule has 0 heterocycles. The topological polar surface area (TPSA) is 20.2 Å². The third kappa shape index (κ3) is 2.34. The minimum atomic E-state index is -0.875. The Morgan fingerprint density at radius 2 is 1.80 bits per heavy atom. The second-order valence-corrected chi connectivity index (χ2v) is 5.48. The van der Waals surface area contributed by atoms with Gasteiger partial charge in [0.1, 0.15) is 11.6 Å². The van der Waals surface area contributed by atoms with E-state index >= 15 is 0 Å². The van der Waals surface area contributed by atoms with Crippen LogP contribution in [0.3, 0.4) is 0 Å². The summed E-state index contributed by atoms with van der Waals surface area (Å²) < 4.78 is 27.1. The average molecular weight is 274 g/mol. The molecular formula is C17H16F2O. The molecular weight excluding hydrogens is 258 g/mol. The van der Waals surface area contributed by atoms with Gasteiger partial charge in [-0.3, -0.25) is 0 Å². The number of rotatable bonds is 3. The molecule has 1 aliphatic rings. The molecule has 0 aromatic heterocycles. The van der Waals surface area contributed by atoms with E-state index in [0.29, 0.717) is 5.56 Å². The van der Waals surface area contributed by atoms with Crippen molar-refractivity contribution in [2.24, 2.45) is 5.92 Å². The number of hydrogen-bond acceptors (Lipinski definition) is 1. The Kier molecular flexibility index (Phi) is 3.30. The average Bonchev–Trinajstić information content (AvgIpc) is 3.23. The van der Waals surface area contributed by atoms with E-state index in [-0.39, 0.29) is 17.4 Å².